The molecule has 0 heterocycles. The molecule has 0 aromatic heterocycles. The van der Waals surface area contributed by atoms with Crippen LogP contribution in [0.4, 0.5) is 5.69 Å². The van der Waals surface area contributed by atoms with Gasteiger partial charge in [-0.1, -0.05) is 54.1 Å². The van der Waals surface area contributed by atoms with Gasteiger partial charge in [0.05, 0.1) is 21.2 Å². The van der Waals surface area contributed by atoms with E-state index in [1.165, 1.54) is 30.3 Å². The molecule has 3 aromatic carbocycles. The Hall–Kier alpha value is -2.83. The van der Waals surface area contributed by atoms with E-state index >= 15 is 0 Å². The van der Waals surface area contributed by atoms with Crippen molar-refractivity contribution in [3.63, 3.8) is 0 Å². The lowest BCUT2D eigenvalue weighted by atomic mass is 10.2. The quantitative estimate of drug-likeness (QED) is 0.521. The third-order valence-electron chi connectivity index (χ3n) is 3.47. The Kier molecular flexibility index (Phi) is 5.25. The first-order chi connectivity index (χ1) is 12.5. The molecule has 3 rings (SSSR count). The molecule has 3 aromatic rings. The summed E-state index contributed by atoms with van der Waals surface area (Å²) in [4.78, 5) is 12.4. The lowest BCUT2D eigenvalue weighted by Gasteiger charge is -2.12. The third-order valence-corrected chi connectivity index (χ3v) is 5.26. The molecule has 0 bridgehead atoms. The first-order valence-corrected chi connectivity index (χ1v) is 9.47. The molecule has 0 unspecified atom stereocenters. The minimum Gasteiger partial charge on any atom is -0.423 e. The number of ether oxygens (including phenoxy) is 1. The second-order valence-electron chi connectivity index (χ2n) is 5.29. The Morgan fingerprint density at radius 2 is 1.46 bits per heavy atom. The van der Waals surface area contributed by atoms with Crippen LogP contribution in [0.25, 0.3) is 0 Å². The van der Waals surface area contributed by atoms with Crippen molar-refractivity contribution in [2.75, 3.05) is 4.72 Å². The summed E-state index contributed by atoms with van der Waals surface area (Å²) in [5, 5.41) is -0.0343. The molecule has 0 atom stereocenters. The SMILES string of the molecule is O=C(Oc1ccccc1)c1cccc(NS(=O)(=O)c2ccccc2)c1Cl. The minimum atomic E-state index is -3.82. The molecule has 0 saturated heterocycles. The van der Waals surface area contributed by atoms with E-state index < -0.39 is 16.0 Å². The number of esters is 1. The number of benzene rings is 3. The molecular formula is C19H14ClNO4S. The van der Waals surface area contributed by atoms with E-state index in [-0.39, 0.29) is 21.2 Å². The summed E-state index contributed by atoms with van der Waals surface area (Å²) in [5.74, 6) is -0.314. The Morgan fingerprint density at radius 1 is 0.846 bits per heavy atom. The number of rotatable bonds is 5. The maximum absolute atomic E-state index is 12.4. The molecule has 26 heavy (non-hydrogen) atoms. The maximum atomic E-state index is 12.4. The van der Waals surface area contributed by atoms with Crippen LogP contribution in [-0.4, -0.2) is 14.4 Å². The molecule has 0 aliphatic rings. The van der Waals surface area contributed by atoms with Crippen LogP contribution in [0.15, 0.2) is 83.8 Å². The number of halogens is 1. The molecule has 0 aliphatic carbocycles. The summed E-state index contributed by atoms with van der Waals surface area (Å²) in [7, 11) is -3.82. The van der Waals surface area contributed by atoms with Crippen molar-refractivity contribution >= 4 is 33.3 Å². The number of anilines is 1. The predicted molar refractivity (Wildman–Crippen MR) is 100 cm³/mol. The molecule has 5 nitrogen and oxygen atoms in total. The fraction of sp³-hybridized carbons (Fsp3) is 0. The average molecular weight is 388 g/mol. The Morgan fingerprint density at radius 3 is 2.12 bits per heavy atom. The van der Waals surface area contributed by atoms with Crippen LogP contribution >= 0.6 is 11.6 Å². The van der Waals surface area contributed by atoms with Gasteiger partial charge in [-0.25, -0.2) is 13.2 Å². The number of nitrogens with one attached hydrogen (secondary N) is 1. The van der Waals surface area contributed by atoms with Gasteiger partial charge < -0.3 is 4.74 Å². The van der Waals surface area contributed by atoms with Gasteiger partial charge in [-0.05, 0) is 36.4 Å². The molecule has 0 saturated carbocycles. The average Bonchev–Trinajstić information content (AvgIpc) is 2.65. The van der Waals surface area contributed by atoms with Crippen LogP contribution in [0.5, 0.6) is 5.75 Å². The van der Waals surface area contributed by atoms with Crippen LogP contribution < -0.4 is 9.46 Å². The number of hydrogen-bond acceptors (Lipinski definition) is 4. The smallest absolute Gasteiger partial charge is 0.345 e. The van der Waals surface area contributed by atoms with E-state index in [0.29, 0.717) is 5.75 Å². The molecule has 7 heteroatoms. The molecule has 1 N–H and O–H groups in total. The third kappa shape index (κ3) is 4.04. The summed E-state index contributed by atoms with van der Waals surface area (Å²) >= 11 is 6.24. The molecule has 132 valence electrons. The van der Waals surface area contributed by atoms with Crippen LogP contribution in [0, 0.1) is 0 Å². The Labute approximate surface area is 156 Å². The Bertz CT molecular complexity index is 1020. The summed E-state index contributed by atoms with van der Waals surface area (Å²) in [5.41, 5.74) is 0.154. The van der Waals surface area contributed by atoms with Crippen molar-refractivity contribution in [2.45, 2.75) is 4.90 Å². The maximum Gasteiger partial charge on any atom is 0.345 e. The highest BCUT2D eigenvalue weighted by molar-refractivity contribution is 7.92. The highest BCUT2D eigenvalue weighted by Crippen LogP contribution is 2.29. The normalized spacial score (nSPS) is 11.0. The summed E-state index contributed by atoms with van der Waals surface area (Å²) < 4.78 is 32.5. The van der Waals surface area contributed by atoms with Gasteiger partial charge in [-0.15, -0.1) is 0 Å². The van der Waals surface area contributed by atoms with Gasteiger partial charge in [0.25, 0.3) is 10.0 Å². The minimum absolute atomic E-state index is 0.0343. The van der Waals surface area contributed by atoms with Gasteiger partial charge >= 0.3 is 5.97 Å². The van der Waals surface area contributed by atoms with Crippen molar-refractivity contribution in [3.05, 3.63) is 89.4 Å². The fourth-order valence-electron chi connectivity index (χ4n) is 2.22. The molecule has 0 spiro atoms. The standard InChI is InChI=1S/C19H14ClNO4S/c20-18-16(19(22)25-14-8-3-1-4-9-14)12-7-13-17(18)21-26(23,24)15-10-5-2-6-11-15/h1-13,21H. The lowest BCUT2D eigenvalue weighted by molar-refractivity contribution is 0.0735. The molecule has 0 aliphatic heterocycles. The number of sulfonamides is 1. The first-order valence-electron chi connectivity index (χ1n) is 7.61. The largest absolute Gasteiger partial charge is 0.423 e. The monoisotopic (exact) mass is 387 g/mol. The zero-order valence-corrected chi connectivity index (χ0v) is 15.0. The molecular weight excluding hydrogens is 374 g/mol. The van der Waals surface area contributed by atoms with Crippen molar-refractivity contribution in [1.82, 2.24) is 0 Å². The first kappa shape index (κ1) is 18.0. The van der Waals surface area contributed by atoms with Gasteiger partial charge in [-0.3, -0.25) is 4.72 Å². The van der Waals surface area contributed by atoms with Gasteiger partial charge in [0.1, 0.15) is 5.75 Å². The molecule has 0 amide bonds. The van der Waals surface area contributed by atoms with Crippen LogP contribution in [0.2, 0.25) is 5.02 Å². The molecule has 0 radical (unpaired) electrons. The number of carbonyl (C=O) groups is 1. The van der Waals surface area contributed by atoms with E-state index in [1.54, 1.807) is 48.5 Å². The lowest BCUT2D eigenvalue weighted by Crippen LogP contribution is -2.15. The second kappa shape index (κ2) is 7.59. The van der Waals surface area contributed by atoms with Gasteiger partial charge in [0.15, 0.2) is 0 Å². The summed E-state index contributed by atoms with van der Waals surface area (Å²) in [6, 6.07) is 20.9. The molecule has 0 fully saturated rings. The van der Waals surface area contributed by atoms with Gasteiger partial charge in [0.2, 0.25) is 0 Å². The van der Waals surface area contributed by atoms with E-state index in [0.717, 1.165) is 0 Å². The van der Waals surface area contributed by atoms with Crippen LogP contribution in [-0.2, 0) is 10.0 Å². The van der Waals surface area contributed by atoms with E-state index in [9.17, 15) is 13.2 Å². The van der Waals surface area contributed by atoms with Crippen molar-refractivity contribution in [2.24, 2.45) is 0 Å². The van der Waals surface area contributed by atoms with Crippen molar-refractivity contribution in [3.8, 4) is 5.75 Å². The summed E-state index contributed by atoms with van der Waals surface area (Å²) in [6.07, 6.45) is 0. The Balaban J connectivity index is 1.87. The highest BCUT2D eigenvalue weighted by atomic mass is 35.5. The zero-order valence-electron chi connectivity index (χ0n) is 13.4. The van der Waals surface area contributed by atoms with E-state index in [1.807, 2.05) is 0 Å². The fourth-order valence-corrected chi connectivity index (χ4v) is 3.62. The van der Waals surface area contributed by atoms with Crippen LogP contribution in [0.3, 0.4) is 0 Å². The van der Waals surface area contributed by atoms with Crippen molar-refractivity contribution < 1.29 is 17.9 Å². The van der Waals surface area contributed by atoms with Crippen molar-refractivity contribution in [1.29, 1.82) is 0 Å². The zero-order chi connectivity index (χ0) is 18.6. The van der Waals surface area contributed by atoms with E-state index in [2.05, 4.69) is 4.72 Å². The number of hydrogen-bond donors (Lipinski definition) is 1. The van der Waals surface area contributed by atoms with Crippen LogP contribution in [0.1, 0.15) is 10.4 Å². The highest BCUT2D eigenvalue weighted by Gasteiger charge is 2.20. The summed E-state index contributed by atoms with van der Waals surface area (Å²) in [6.45, 7) is 0. The topological polar surface area (TPSA) is 72.5 Å². The van der Waals surface area contributed by atoms with E-state index in [4.69, 9.17) is 16.3 Å². The number of carbonyl (C=O) groups excluding carboxylic acids is 1. The second-order valence-corrected chi connectivity index (χ2v) is 7.35. The predicted octanol–water partition coefficient (Wildman–Crippen LogP) is 4.36. The van der Waals surface area contributed by atoms with Gasteiger partial charge in [-0.2, -0.15) is 0 Å². The number of para-hydroxylation sites is 1. The van der Waals surface area contributed by atoms with Gasteiger partial charge in [0, 0.05) is 0 Å².